The Bertz CT molecular complexity index is 1150. The van der Waals surface area contributed by atoms with Gasteiger partial charge in [-0.15, -0.1) is 0 Å². The van der Waals surface area contributed by atoms with Crippen LogP contribution in [0.2, 0.25) is 15.1 Å². The quantitative estimate of drug-likeness (QED) is 0.382. The van der Waals surface area contributed by atoms with Crippen LogP contribution < -0.4 is 10.6 Å². The lowest BCUT2D eigenvalue weighted by Crippen LogP contribution is -2.34. The van der Waals surface area contributed by atoms with Gasteiger partial charge >= 0.3 is 12.2 Å². The van der Waals surface area contributed by atoms with E-state index in [0.29, 0.717) is 9.79 Å². The number of nitrogens with zero attached hydrogens (tertiary/aromatic N) is 1. The molecule has 0 unspecified atom stereocenters. The Morgan fingerprint density at radius 3 is 2.16 bits per heavy atom. The van der Waals surface area contributed by atoms with Gasteiger partial charge in [0.2, 0.25) is 0 Å². The second kappa shape index (κ2) is 9.99. The monoisotopic (exact) mass is 519 g/mol. The van der Waals surface area contributed by atoms with E-state index in [2.05, 4.69) is 15.6 Å². The standard InChI is InChI=1S/C20H11Cl3F3N3O2S/c21-13-6-4-10(8-12(13)20(24,25)26)32-11-5-7-16(27-9-11)28-19(31)29-18(30)17-14(22)2-1-3-15(17)23/h1-9H,(H2,27,28,29,30,31). The predicted molar refractivity (Wildman–Crippen MR) is 118 cm³/mol. The highest BCUT2D eigenvalue weighted by molar-refractivity contribution is 7.99. The predicted octanol–water partition coefficient (Wildman–Crippen LogP) is 7.17. The number of aromatic nitrogens is 1. The smallest absolute Gasteiger partial charge is 0.292 e. The molecule has 0 fully saturated rings. The zero-order valence-electron chi connectivity index (χ0n) is 15.6. The Hall–Kier alpha value is -2.46. The van der Waals surface area contributed by atoms with Crippen LogP contribution in [-0.4, -0.2) is 16.9 Å². The summed E-state index contributed by atoms with van der Waals surface area (Å²) in [5, 5.41) is 4.22. The minimum Gasteiger partial charge on any atom is -0.292 e. The maximum atomic E-state index is 13.0. The van der Waals surface area contributed by atoms with Gasteiger partial charge < -0.3 is 0 Å². The second-order valence-corrected chi connectivity index (χ2v) is 8.49. The highest BCUT2D eigenvalue weighted by atomic mass is 35.5. The van der Waals surface area contributed by atoms with Gasteiger partial charge in [0, 0.05) is 16.0 Å². The summed E-state index contributed by atoms with van der Waals surface area (Å²) in [6.07, 6.45) is -3.21. The third-order valence-corrected chi connectivity index (χ3v) is 5.80. The molecule has 2 N–H and O–H groups in total. The first-order valence-electron chi connectivity index (χ1n) is 8.61. The van der Waals surface area contributed by atoms with Gasteiger partial charge in [0.05, 0.1) is 26.2 Å². The van der Waals surface area contributed by atoms with Crippen molar-refractivity contribution in [3.8, 4) is 0 Å². The highest BCUT2D eigenvalue weighted by Gasteiger charge is 2.33. The van der Waals surface area contributed by atoms with E-state index >= 15 is 0 Å². The molecule has 32 heavy (non-hydrogen) atoms. The molecule has 0 aliphatic rings. The maximum Gasteiger partial charge on any atom is 0.417 e. The first-order chi connectivity index (χ1) is 15.0. The molecule has 3 aromatic rings. The maximum absolute atomic E-state index is 13.0. The number of hydrogen-bond donors (Lipinski definition) is 2. The van der Waals surface area contributed by atoms with Crippen LogP contribution in [0.15, 0.2) is 64.5 Å². The van der Waals surface area contributed by atoms with E-state index < -0.39 is 28.7 Å². The molecule has 166 valence electrons. The normalized spacial score (nSPS) is 11.2. The molecule has 0 aliphatic heterocycles. The van der Waals surface area contributed by atoms with Gasteiger partial charge in [-0.3, -0.25) is 15.4 Å². The Kier molecular flexibility index (Phi) is 7.55. The first kappa shape index (κ1) is 24.2. The fraction of sp³-hybridized carbons (Fsp3) is 0.0500. The molecule has 0 spiro atoms. The molecule has 12 heteroatoms. The lowest BCUT2D eigenvalue weighted by molar-refractivity contribution is -0.137. The van der Waals surface area contributed by atoms with Gasteiger partial charge in [-0.1, -0.05) is 52.6 Å². The average Bonchev–Trinajstić information content (AvgIpc) is 2.70. The van der Waals surface area contributed by atoms with E-state index in [9.17, 15) is 22.8 Å². The minimum atomic E-state index is -4.57. The van der Waals surface area contributed by atoms with Crippen molar-refractivity contribution in [3.63, 3.8) is 0 Å². The lowest BCUT2D eigenvalue weighted by atomic mass is 10.2. The SMILES string of the molecule is O=C(NC(=O)c1c(Cl)cccc1Cl)Nc1ccc(Sc2ccc(Cl)c(C(F)(F)F)c2)cn1. The van der Waals surface area contributed by atoms with Crippen LogP contribution in [0.3, 0.4) is 0 Å². The Balaban J connectivity index is 1.64. The van der Waals surface area contributed by atoms with E-state index in [1.807, 2.05) is 0 Å². The second-order valence-electron chi connectivity index (χ2n) is 6.13. The summed E-state index contributed by atoms with van der Waals surface area (Å²) in [6, 6.07) is 10.1. The summed E-state index contributed by atoms with van der Waals surface area (Å²) in [5.74, 6) is -0.689. The van der Waals surface area contributed by atoms with Crippen LogP contribution in [-0.2, 0) is 6.18 Å². The molecule has 0 radical (unpaired) electrons. The summed E-state index contributed by atoms with van der Waals surface area (Å²) in [5.41, 5.74) is -0.984. The van der Waals surface area contributed by atoms with E-state index in [1.165, 1.54) is 36.5 Å². The molecule has 0 bridgehead atoms. The number of alkyl halides is 3. The van der Waals surface area contributed by atoms with Gasteiger partial charge in [0.15, 0.2) is 0 Å². The number of pyridine rings is 1. The highest BCUT2D eigenvalue weighted by Crippen LogP contribution is 2.38. The van der Waals surface area contributed by atoms with E-state index in [1.54, 1.807) is 12.1 Å². The number of urea groups is 1. The van der Waals surface area contributed by atoms with Gasteiger partial charge in [-0.05, 0) is 42.5 Å². The van der Waals surface area contributed by atoms with Crippen molar-refractivity contribution >= 4 is 64.3 Å². The topological polar surface area (TPSA) is 71.1 Å². The summed E-state index contributed by atoms with van der Waals surface area (Å²) in [6.45, 7) is 0. The molecule has 3 amide bonds. The molecular formula is C20H11Cl3F3N3O2S. The molecule has 1 heterocycles. The van der Waals surface area contributed by atoms with Crippen LogP contribution in [0.25, 0.3) is 0 Å². The van der Waals surface area contributed by atoms with Crippen LogP contribution in [0.1, 0.15) is 15.9 Å². The molecule has 5 nitrogen and oxygen atoms in total. The molecule has 0 saturated carbocycles. The van der Waals surface area contributed by atoms with Crippen molar-refractivity contribution in [3.05, 3.63) is 80.9 Å². The fourth-order valence-corrected chi connectivity index (χ4v) is 4.08. The number of carbonyl (C=O) groups excluding carboxylic acids is 2. The van der Waals surface area contributed by atoms with Gasteiger partial charge in [0.1, 0.15) is 5.82 Å². The number of carbonyl (C=O) groups is 2. The molecular weight excluding hydrogens is 510 g/mol. The van der Waals surface area contributed by atoms with Crippen molar-refractivity contribution in [2.75, 3.05) is 5.32 Å². The number of nitrogens with one attached hydrogen (secondary N) is 2. The zero-order chi connectivity index (χ0) is 23.5. The van der Waals surface area contributed by atoms with Crippen LogP contribution in [0, 0.1) is 0 Å². The Labute approximate surface area is 199 Å². The largest absolute Gasteiger partial charge is 0.417 e. The van der Waals surface area contributed by atoms with Gasteiger partial charge in [-0.2, -0.15) is 13.2 Å². The first-order valence-corrected chi connectivity index (χ1v) is 10.6. The molecule has 0 atom stereocenters. The number of rotatable bonds is 4. The number of anilines is 1. The van der Waals surface area contributed by atoms with Crippen LogP contribution in [0.5, 0.6) is 0 Å². The zero-order valence-corrected chi connectivity index (χ0v) is 18.7. The summed E-state index contributed by atoms with van der Waals surface area (Å²) in [4.78, 5) is 29.1. The third kappa shape index (κ3) is 6.07. The number of benzene rings is 2. The van der Waals surface area contributed by atoms with E-state index in [0.717, 1.165) is 17.8 Å². The lowest BCUT2D eigenvalue weighted by Gasteiger charge is -2.11. The average molecular weight is 521 g/mol. The summed E-state index contributed by atoms with van der Waals surface area (Å²) < 4.78 is 39.0. The molecule has 2 aromatic carbocycles. The number of hydrogen-bond acceptors (Lipinski definition) is 4. The van der Waals surface area contributed by atoms with Gasteiger partial charge in [0.25, 0.3) is 5.91 Å². The molecule has 1 aromatic heterocycles. The molecule has 0 aliphatic carbocycles. The Morgan fingerprint density at radius 1 is 0.906 bits per heavy atom. The third-order valence-electron chi connectivity index (χ3n) is 3.87. The van der Waals surface area contributed by atoms with Crippen molar-refractivity contribution in [1.29, 1.82) is 0 Å². The minimum absolute atomic E-state index is 0.0492. The number of amides is 3. The number of halogens is 6. The fourth-order valence-electron chi connectivity index (χ4n) is 2.46. The van der Waals surface area contributed by atoms with Crippen molar-refractivity contribution in [2.24, 2.45) is 0 Å². The molecule has 3 rings (SSSR count). The van der Waals surface area contributed by atoms with E-state index in [4.69, 9.17) is 34.8 Å². The van der Waals surface area contributed by atoms with Gasteiger partial charge in [-0.25, -0.2) is 9.78 Å². The van der Waals surface area contributed by atoms with Crippen molar-refractivity contribution in [2.45, 2.75) is 16.0 Å². The van der Waals surface area contributed by atoms with Crippen LogP contribution >= 0.6 is 46.6 Å². The summed E-state index contributed by atoms with van der Waals surface area (Å²) >= 11 is 18.5. The van der Waals surface area contributed by atoms with E-state index in [-0.39, 0.29) is 21.4 Å². The summed E-state index contributed by atoms with van der Waals surface area (Å²) in [7, 11) is 0. The Morgan fingerprint density at radius 2 is 1.56 bits per heavy atom. The van der Waals surface area contributed by atoms with Crippen molar-refractivity contribution in [1.82, 2.24) is 10.3 Å². The van der Waals surface area contributed by atoms with Crippen molar-refractivity contribution < 1.29 is 22.8 Å². The molecule has 0 saturated heterocycles. The number of imide groups is 1. The van der Waals surface area contributed by atoms with Crippen LogP contribution in [0.4, 0.5) is 23.8 Å².